The lowest BCUT2D eigenvalue weighted by Crippen LogP contribution is -3.06. The van der Waals surface area contributed by atoms with Crippen molar-refractivity contribution in [1.82, 2.24) is 4.90 Å². The first-order valence-electron chi connectivity index (χ1n) is 10.4. The number of likely N-dealkylation sites (N-methyl/N-ethyl adjacent to an activating group) is 1. The maximum Gasteiger partial charge on any atom is 0.295 e. The Hall–Kier alpha value is -3.32. The monoisotopic (exact) mass is 425 g/mol. The minimum Gasteiger partial charge on any atom is -0.508 e. The third-order valence-electron chi connectivity index (χ3n) is 5.20. The highest BCUT2D eigenvalue weighted by atomic mass is 16.5. The largest absolute Gasteiger partial charge is 0.508 e. The van der Waals surface area contributed by atoms with E-state index >= 15 is 0 Å². The first-order valence-corrected chi connectivity index (χ1v) is 10.4. The number of nitrogens with zero attached hydrogens (tertiary/aromatic N) is 1. The van der Waals surface area contributed by atoms with Gasteiger partial charge < -0.3 is 24.7 Å². The fraction of sp³-hybridized carbons (Fsp3) is 0.333. The van der Waals surface area contributed by atoms with Gasteiger partial charge in [0.05, 0.1) is 45.4 Å². The van der Waals surface area contributed by atoms with Gasteiger partial charge >= 0.3 is 0 Å². The van der Waals surface area contributed by atoms with Gasteiger partial charge in [-0.15, -0.1) is 0 Å². The Morgan fingerprint density at radius 2 is 1.71 bits per heavy atom. The van der Waals surface area contributed by atoms with Crippen LogP contribution in [0, 0.1) is 0 Å². The molecule has 0 aromatic heterocycles. The molecule has 1 fully saturated rings. The van der Waals surface area contributed by atoms with Crippen LogP contribution < -0.4 is 9.64 Å². The van der Waals surface area contributed by atoms with Gasteiger partial charge in [0.15, 0.2) is 0 Å². The minimum atomic E-state index is -0.726. The lowest BCUT2D eigenvalue weighted by Gasteiger charge is -2.25. The van der Waals surface area contributed by atoms with E-state index in [9.17, 15) is 19.8 Å². The number of hydrogen-bond acceptors (Lipinski definition) is 5. The van der Waals surface area contributed by atoms with Crippen molar-refractivity contribution in [2.24, 2.45) is 0 Å². The molecular weight excluding hydrogens is 396 g/mol. The highest BCUT2D eigenvalue weighted by Gasteiger charge is 2.46. The summed E-state index contributed by atoms with van der Waals surface area (Å²) in [6, 6.07) is 12.4. The van der Waals surface area contributed by atoms with Crippen LogP contribution in [0.4, 0.5) is 0 Å². The third-order valence-corrected chi connectivity index (χ3v) is 5.20. The molecule has 2 aromatic rings. The summed E-state index contributed by atoms with van der Waals surface area (Å²) in [6.45, 7) is 3.61. The second-order valence-corrected chi connectivity index (χ2v) is 7.91. The lowest BCUT2D eigenvalue weighted by atomic mass is 9.95. The van der Waals surface area contributed by atoms with Crippen molar-refractivity contribution >= 4 is 17.4 Å². The van der Waals surface area contributed by atoms with Gasteiger partial charge in [-0.05, 0) is 48.4 Å². The molecule has 0 bridgehead atoms. The van der Waals surface area contributed by atoms with Crippen LogP contribution in [0.3, 0.4) is 0 Å². The summed E-state index contributed by atoms with van der Waals surface area (Å²) in [5.74, 6) is -0.818. The Morgan fingerprint density at radius 1 is 1.06 bits per heavy atom. The molecule has 7 nitrogen and oxygen atoms in total. The maximum atomic E-state index is 12.9. The van der Waals surface area contributed by atoms with E-state index in [1.54, 1.807) is 36.4 Å². The SMILES string of the molecule is CCCOc1ccc(C(O)=C2C(=O)C(=O)N(CC[NH+](C)C)[C@@H]2c2ccc(O)cc2)cc1. The molecule has 0 saturated carbocycles. The van der Waals surface area contributed by atoms with Crippen molar-refractivity contribution in [3.8, 4) is 11.5 Å². The zero-order chi connectivity index (χ0) is 22.5. The van der Waals surface area contributed by atoms with Gasteiger partial charge in [0.2, 0.25) is 0 Å². The van der Waals surface area contributed by atoms with E-state index in [0.29, 0.717) is 36.6 Å². The molecule has 0 unspecified atom stereocenters. The van der Waals surface area contributed by atoms with Crippen molar-refractivity contribution in [2.45, 2.75) is 19.4 Å². The molecule has 164 valence electrons. The summed E-state index contributed by atoms with van der Waals surface area (Å²) in [6.07, 6.45) is 0.881. The van der Waals surface area contributed by atoms with Crippen LogP contribution in [0.1, 0.15) is 30.5 Å². The van der Waals surface area contributed by atoms with Gasteiger partial charge in [0, 0.05) is 5.56 Å². The molecule has 0 aliphatic carbocycles. The number of phenols is 1. The van der Waals surface area contributed by atoms with Gasteiger partial charge in [-0.1, -0.05) is 19.1 Å². The second kappa shape index (κ2) is 9.66. The number of nitrogens with one attached hydrogen (secondary N) is 1. The summed E-state index contributed by atoms with van der Waals surface area (Å²) < 4.78 is 5.57. The molecule has 1 heterocycles. The van der Waals surface area contributed by atoms with E-state index in [1.165, 1.54) is 17.0 Å². The fourth-order valence-electron chi connectivity index (χ4n) is 3.54. The zero-order valence-corrected chi connectivity index (χ0v) is 18.1. The van der Waals surface area contributed by atoms with Crippen molar-refractivity contribution in [1.29, 1.82) is 0 Å². The van der Waals surface area contributed by atoms with E-state index < -0.39 is 17.7 Å². The number of aliphatic hydroxyl groups excluding tert-OH is 1. The summed E-state index contributed by atoms with van der Waals surface area (Å²) in [4.78, 5) is 28.4. The van der Waals surface area contributed by atoms with E-state index in [0.717, 1.165) is 11.3 Å². The smallest absolute Gasteiger partial charge is 0.295 e. The molecule has 3 rings (SSSR count). The maximum absolute atomic E-state index is 12.9. The molecule has 0 radical (unpaired) electrons. The topological polar surface area (TPSA) is 91.5 Å². The summed E-state index contributed by atoms with van der Waals surface area (Å²) in [7, 11) is 3.93. The summed E-state index contributed by atoms with van der Waals surface area (Å²) in [5.41, 5.74) is 1.13. The average molecular weight is 426 g/mol. The molecule has 2 aromatic carbocycles. The predicted octanol–water partition coefficient (Wildman–Crippen LogP) is 1.75. The van der Waals surface area contributed by atoms with Gasteiger partial charge in [-0.25, -0.2) is 0 Å². The van der Waals surface area contributed by atoms with Gasteiger partial charge in [0.1, 0.15) is 17.3 Å². The van der Waals surface area contributed by atoms with E-state index in [1.807, 2.05) is 21.0 Å². The number of carbonyl (C=O) groups is 2. The number of benzene rings is 2. The Labute approximate surface area is 182 Å². The number of aliphatic hydroxyl groups is 1. The fourth-order valence-corrected chi connectivity index (χ4v) is 3.54. The number of hydrogen-bond donors (Lipinski definition) is 3. The van der Waals surface area contributed by atoms with Crippen LogP contribution in [-0.4, -0.2) is 60.6 Å². The first kappa shape index (κ1) is 22.4. The van der Waals surface area contributed by atoms with Gasteiger partial charge in [-0.2, -0.15) is 0 Å². The Bertz CT molecular complexity index is 964. The molecular formula is C24H29N2O5+. The summed E-state index contributed by atoms with van der Waals surface area (Å²) in [5, 5.41) is 20.7. The Kier molecular flexibility index (Phi) is 6.97. The number of aromatic hydroxyl groups is 1. The molecule has 1 saturated heterocycles. The van der Waals surface area contributed by atoms with Crippen LogP contribution >= 0.6 is 0 Å². The third kappa shape index (κ3) is 4.88. The number of rotatable bonds is 8. The number of ketones is 1. The van der Waals surface area contributed by atoms with Gasteiger partial charge in [-0.3, -0.25) is 9.59 Å². The molecule has 0 spiro atoms. The highest BCUT2D eigenvalue weighted by Crippen LogP contribution is 2.39. The number of Topliss-reactive ketones (excluding diaryl/α,β-unsaturated/α-hetero) is 1. The average Bonchev–Trinajstić information content (AvgIpc) is 3.01. The molecule has 31 heavy (non-hydrogen) atoms. The van der Waals surface area contributed by atoms with E-state index in [4.69, 9.17) is 4.74 Å². The molecule has 1 amide bonds. The summed E-state index contributed by atoms with van der Waals surface area (Å²) >= 11 is 0. The zero-order valence-electron chi connectivity index (χ0n) is 18.1. The number of ether oxygens (including phenoxy) is 1. The van der Waals surface area contributed by atoms with Crippen molar-refractivity contribution in [3.05, 3.63) is 65.2 Å². The van der Waals surface area contributed by atoms with Crippen molar-refractivity contribution < 1.29 is 29.4 Å². The Morgan fingerprint density at radius 3 is 2.29 bits per heavy atom. The van der Waals surface area contributed by atoms with Crippen LogP contribution in [0.25, 0.3) is 5.76 Å². The van der Waals surface area contributed by atoms with Crippen LogP contribution in [0.15, 0.2) is 54.1 Å². The van der Waals surface area contributed by atoms with Gasteiger partial charge in [0.25, 0.3) is 11.7 Å². The normalized spacial score (nSPS) is 18.1. The standard InChI is InChI=1S/C24H28N2O5/c1-4-15-31-19-11-7-17(8-12-19)22(28)20-21(16-5-9-18(27)10-6-16)26(14-13-25(2)3)24(30)23(20)29/h5-12,21,27-28H,4,13-15H2,1-3H3/p+1/t21-/m1/s1. The molecule has 7 heteroatoms. The highest BCUT2D eigenvalue weighted by molar-refractivity contribution is 6.46. The van der Waals surface area contributed by atoms with Crippen molar-refractivity contribution in [3.63, 3.8) is 0 Å². The Balaban J connectivity index is 2.04. The predicted molar refractivity (Wildman–Crippen MR) is 117 cm³/mol. The number of amides is 1. The van der Waals surface area contributed by atoms with Crippen LogP contribution in [0.2, 0.25) is 0 Å². The van der Waals surface area contributed by atoms with E-state index in [2.05, 4.69) is 0 Å². The van der Waals surface area contributed by atoms with Crippen molar-refractivity contribution in [2.75, 3.05) is 33.8 Å². The molecule has 3 N–H and O–H groups in total. The number of phenolic OH excluding ortho intramolecular Hbond substituents is 1. The van der Waals surface area contributed by atoms with Crippen LogP contribution in [0.5, 0.6) is 11.5 Å². The molecule has 1 aliphatic heterocycles. The minimum absolute atomic E-state index is 0.0478. The van der Waals surface area contributed by atoms with E-state index in [-0.39, 0.29) is 17.1 Å². The number of likely N-dealkylation sites (tertiary alicyclic amines) is 1. The quantitative estimate of drug-likeness (QED) is 0.341. The van der Waals surface area contributed by atoms with Crippen LogP contribution in [-0.2, 0) is 9.59 Å². The first-order chi connectivity index (χ1) is 14.8. The molecule has 1 atom stereocenters. The number of quaternary nitrogens is 1. The second-order valence-electron chi connectivity index (χ2n) is 7.91. The molecule has 1 aliphatic rings. The number of carbonyl (C=O) groups excluding carboxylic acids is 2. The lowest BCUT2D eigenvalue weighted by molar-refractivity contribution is -0.857.